The van der Waals surface area contributed by atoms with E-state index < -0.39 is 0 Å². The summed E-state index contributed by atoms with van der Waals surface area (Å²) in [5.74, 6) is -0.191. The second kappa shape index (κ2) is 9.30. The number of rotatable bonds is 4. The van der Waals surface area contributed by atoms with Crippen molar-refractivity contribution in [1.29, 1.82) is 0 Å². The molecule has 0 bridgehead atoms. The Balaban J connectivity index is 1.80. The van der Waals surface area contributed by atoms with Crippen LogP contribution in [0.5, 0.6) is 0 Å². The summed E-state index contributed by atoms with van der Waals surface area (Å²) in [6.07, 6.45) is 9.70. The molecular weight excluding hydrogens is 381 g/mol. The first-order chi connectivity index (χ1) is 13.6. The maximum Gasteiger partial charge on any atom is 0.169 e. The summed E-state index contributed by atoms with van der Waals surface area (Å²) in [6.45, 7) is 9.82. The van der Waals surface area contributed by atoms with Gasteiger partial charge in [0.2, 0.25) is 0 Å². The molecule has 1 heterocycles. The van der Waals surface area contributed by atoms with Crippen LogP contribution in [0.15, 0.2) is 24.3 Å². The van der Waals surface area contributed by atoms with Gasteiger partial charge < -0.3 is 15.5 Å². The molecule has 0 aromatic heterocycles. The third kappa shape index (κ3) is 6.65. The van der Waals surface area contributed by atoms with Gasteiger partial charge in [-0.3, -0.25) is 0 Å². The highest BCUT2D eigenvalue weighted by molar-refractivity contribution is 7.80. The van der Waals surface area contributed by atoms with Crippen LogP contribution >= 0.6 is 12.2 Å². The second-order valence-electron chi connectivity index (χ2n) is 10.3. The van der Waals surface area contributed by atoms with E-state index in [9.17, 15) is 4.39 Å². The highest BCUT2D eigenvalue weighted by atomic mass is 32.1. The summed E-state index contributed by atoms with van der Waals surface area (Å²) in [7, 11) is 0. The largest absolute Gasteiger partial charge is 0.360 e. The summed E-state index contributed by atoms with van der Waals surface area (Å²) in [4.78, 5) is 2.37. The predicted octanol–water partition coefficient (Wildman–Crippen LogP) is 5.53. The van der Waals surface area contributed by atoms with Crippen LogP contribution in [0.25, 0.3) is 0 Å². The molecular formula is C24H38FN3S. The fourth-order valence-corrected chi connectivity index (χ4v) is 5.70. The molecule has 3 rings (SSSR count). The Morgan fingerprint density at radius 3 is 2.14 bits per heavy atom. The fraction of sp³-hybridized carbons (Fsp3) is 0.708. The number of hydrogen-bond acceptors (Lipinski definition) is 2. The van der Waals surface area contributed by atoms with E-state index in [0.29, 0.717) is 12.1 Å². The zero-order valence-electron chi connectivity index (χ0n) is 18.6. The molecule has 0 atom stereocenters. The molecule has 1 aromatic carbocycles. The van der Waals surface area contributed by atoms with E-state index in [-0.39, 0.29) is 16.9 Å². The van der Waals surface area contributed by atoms with E-state index in [2.05, 4.69) is 43.2 Å². The summed E-state index contributed by atoms with van der Waals surface area (Å²) < 4.78 is 13.4. The zero-order chi connectivity index (χ0) is 21.1. The number of nitrogens with zero attached hydrogens (tertiary/aromatic N) is 1. The van der Waals surface area contributed by atoms with Crippen molar-refractivity contribution >= 4 is 17.3 Å². The molecule has 1 saturated carbocycles. The molecule has 1 saturated heterocycles. The third-order valence-electron chi connectivity index (χ3n) is 6.32. The van der Waals surface area contributed by atoms with Gasteiger partial charge in [-0.2, -0.15) is 0 Å². The van der Waals surface area contributed by atoms with Gasteiger partial charge in [0.1, 0.15) is 5.82 Å². The van der Waals surface area contributed by atoms with Gasteiger partial charge in [0.15, 0.2) is 5.11 Å². The Labute approximate surface area is 181 Å². The lowest BCUT2D eigenvalue weighted by Crippen LogP contribution is -2.63. The highest BCUT2D eigenvalue weighted by Crippen LogP contribution is 2.32. The van der Waals surface area contributed by atoms with Gasteiger partial charge in [-0.05, 0) is 83.3 Å². The minimum absolute atomic E-state index is 0.0470. The Morgan fingerprint density at radius 2 is 1.59 bits per heavy atom. The first-order valence-corrected chi connectivity index (χ1v) is 11.7. The summed E-state index contributed by atoms with van der Waals surface area (Å²) in [5, 5.41) is 8.34. The van der Waals surface area contributed by atoms with E-state index in [1.807, 2.05) is 12.1 Å². The van der Waals surface area contributed by atoms with E-state index in [4.69, 9.17) is 12.2 Å². The SMILES string of the molecule is CC1(C)CC(N(Cc2ccc(F)cc2)C(=S)NC2CCCCCC2)CC(C)(C)N1. The average Bonchev–Trinajstić information content (AvgIpc) is 2.87. The van der Waals surface area contributed by atoms with E-state index in [1.165, 1.54) is 38.5 Å². The van der Waals surface area contributed by atoms with Crippen molar-refractivity contribution in [2.75, 3.05) is 0 Å². The number of halogens is 1. The van der Waals surface area contributed by atoms with Crippen LogP contribution in [0.1, 0.15) is 84.6 Å². The predicted molar refractivity (Wildman–Crippen MR) is 123 cm³/mol. The van der Waals surface area contributed by atoms with Crippen LogP contribution in [-0.4, -0.2) is 33.2 Å². The van der Waals surface area contributed by atoms with Gasteiger partial charge in [-0.15, -0.1) is 0 Å². The van der Waals surface area contributed by atoms with Crippen molar-refractivity contribution in [3.8, 4) is 0 Å². The Bertz CT molecular complexity index is 662. The van der Waals surface area contributed by atoms with Crippen LogP contribution in [0.4, 0.5) is 4.39 Å². The Morgan fingerprint density at radius 1 is 1.03 bits per heavy atom. The number of thiocarbonyl (C=S) groups is 1. The molecule has 0 unspecified atom stereocenters. The van der Waals surface area contributed by atoms with Crippen molar-refractivity contribution in [2.24, 2.45) is 0 Å². The van der Waals surface area contributed by atoms with Crippen LogP contribution in [-0.2, 0) is 6.54 Å². The van der Waals surface area contributed by atoms with Gasteiger partial charge in [0.25, 0.3) is 0 Å². The minimum Gasteiger partial charge on any atom is -0.360 e. The molecule has 5 heteroatoms. The lowest BCUT2D eigenvalue weighted by Gasteiger charge is -2.50. The molecule has 0 radical (unpaired) electrons. The van der Waals surface area contributed by atoms with Gasteiger partial charge in [0.05, 0.1) is 0 Å². The molecule has 1 aromatic rings. The van der Waals surface area contributed by atoms with Crippen LogP contribution in [0.2, 0.25) is 0 Å². The molecule has 1 aliphatic carbocycles. The van der Waals surface area contributed by atoms with Gasteiger partial charge in [0, 0.05) is 29.7 Å². The molecule has 2 aliphatic rings. The lowest BCUT2D eigenvalue weighted by molar-refractivity contribution is 0.0991. The van der Waals surface area contributed by atoms with E-state index >= 15 is 0 Å². The van der Waals surface area contributed by atoms with Crippen LogP contribution in [0.3, 0.4) is 0 Å². The standard InChI is InChI=1S/C24H38FN3S/c1-23(2)15-21(16-24(3,4)27-23)28(17-18-11-13-19(25)14-12-18)22(29)26-20-9-7-5-6-8-10-20/h11-14,20-21,27H,5-10,15-17H2,1-4H3,(H,26,29). The topological polar surface area (TPSA) is 27.3 Å². The maximum absolute atomic E-state index is 13.4. The molecule has 0 amide bonds. The molecule has 2 N–H and O–H groups in total. The third-order valence-corrected chi connectivity index (χ3v) is 6.67. The monoisotopic (exact) mass is 419 g/mol. The Kier molecular flexibility index (Phi) is 7.21. The van der Waals surface area contributed by atoms with Crippen LogP contribution in [0, 0.1) is 5.82 Å². The summed E-state index contributed by atoms with van der Waals surface area (Å²) >= 11 is 5.98. The molecule has 162 valence electrons. The second-order valence-corrected chi connectivity index (χ2v) is 10.7. The van der Waals surface area contributed by atoms with Crippen molar-refractivity contribution in [2.45, 2.75) is 109 Å². The Hall–Kier alpha value is -1.20. The van der Waals surface area contributed by atoms with Gasteiger partial charge in [-0.1, -0.05) is 37.8 Å². The first-order valence-electron chi connectivity index (χ1n) is 11.2. The van der Waals surface area contributed by atoms with Crippen molar-refractivity contribution < 1.29 is 4.39 Å². The molecule has 2 fully saturated rings. The van der Waals surface area contributed by atoms with Gasteiger partial charge in [-0.25, -0.2) is 4.39 Å². The molecule has 29 heavy (non-hydrogen) atoms. The maximum atomic E-state index is 13.4. The summed E-state index contributed by atoms with van der Waals surface area (Å²) in [6, 6.07) is 7.68. The van der Waals surface area contributed by atoms with E-state index in [1.54, 1.807) is 12.1 Å². The molecule has 1 aliphatic heterocycles. The molecule has 0 spiro atoms. The first kappa shape index (κ1) is 22.5. The van der Waals surface area contributed by atoms with Crippen molar-refractivity contribution in [3.05, 3.63) is 35.6 Å². The lowest BCUT2D eigenvalue weighted by atomic mass is 9.79. The average molecular weight is 420 g/mol. The number of piperidine rings is 1. The number of benzene rings is 1. The minimum atomic E-state index is -0.191. The normalized spacial score (nSPS) is 22.7. The quantitative estimate of drug-likeness (QED) is 0.495. The summed E-state index contributed by atoms with van der Waals surface area (Å²) in [5.41, 5.74) is 1.20. The number of nitrogens with one attached hydrogen (secondary N) is 2. The smallest absolute Gasteiger partial charge is 0.169 e. The van der Waals surface area contributed by atoms with Crippen molar-refractivity contribution in [1.82, 2.24) is 15.5 Å². The zero-order valence-corrected chi connectivity index (χ0v) is 19.4. The number of hydrogen-bond donors (Lipinski definition) is 2. The van der Waals surface area contributed by atoms with Crippen molar-refractivity contribution in [3.63, 3.8) is 0 Å². The van der Waals surface area contributed by atoms with E-state index in [0.717, 1.165) is 30.1 Å². The van der Waals surface area contributed by atoms with Gasteiger partial charge >= 0.3 is 0 Å². The highest BCUT2D eigenvalue weighted by Gasteiger charge is 2.40. The fourth-order valence-electron chi connectivity index (χ4n) is 5.32. The molecule has 3 nitrogen and oxygen atoms in total. The van der Waals surface area contributed by atoms with Crippen LogP contribution < -0.4 is 10.6 Å².